The minimum absolute atomic E-state index is 0.0295. The molecule has 1 aliphatic carbocycles. The number of fused-ring (bicyclic) bond motifs is 1. The summed E-state index contributed by atoms with van der Waals surface area (Å²) in [5.41, 5.74) is 9.60. The third-order valence-corrected chi connectivity index (χ3v) is 7.19. The summed E-state index contributed by atoms with van der Waals surface area (Å²) in [5, 5.41) is 11.8. The Morgan fingerprint density at radius 3 is 2.31 bits per heavy atom. The molecule has 39 heavy (non-hydrogen) atoms. The molecule has 0 spiro atoms. The van der Waals surface area contributed by atoms with E-state index in [0.717, 1.165) is 53.3 Å². The van der Waals surface area contributed by atoms with Crippen LogP contribution >= 0.6 is 0 Å². The van der Waals surface area contributed by atoms with Crippen LogP contribution in [0, 0.1) is 0 Å². The van der Waals surface area contributed by atoms with E-state index in [2.05, 4.69) is 40.2 Å². The van der Waals surface area contributed by atoms with Crippen LogP contribution < -0.4 is 21.7 Å². The van der Waals surface area contributed by atoms with Crippen molar-refractivity contribution in [1.29, 1.82) is 0 Å². The highest BCUT2D eigenvalue weighted by Gasteiger charge is 2.24. The third-order valence-electron chi connectivity index (χ3n) is 7.19. The Labute approximate surface area is 229 Å². The average molecular weight is 519 g/mol. The van der Waals surface area contributed by atoms with Gasteiger partial charge in [-0.25, -0.2) is 0 Å². The molecule has 0 radical (unpaired) electrons. The van der Waals surface area contributed by atoms with Crippen molar-refractivity contribution in [2.24, 2.45) is 0 Å². The van der Waals surface area contributed by atoms with E-state index in [4.69, 9.17) is 5.73 Å². The summed E-state index contributed by atoms with van der Waals surface area (Å²) in [5.74, 6) is -0.294. The highest BCUT2D eigenvalue weighted by Crippen LogP contribution is 2.26. The molecule has 5 rings (SSSR count). The quantitative estimate of drug-likeness (QED) is 0.155. The Morgan fingerprint density at radius 2 is 1.54 bits per heavy atom. The van der Waals surface area contributed by atoms with Gasteiger partial charge >= 0.3 is 0 Å². The predicted octanol–water partition coefficient (Wildman–Crippen LogP) is 6.68. The molecule has 1 aliphatic rings. The predicted molar refractivity (Wildman–Crippen MR) is 160 cm³/mol. The number of amides is 2. The lowest BCUT2D eigenvalue weighted by atomic mass is 9.94. The van der Waals surface area contributed by atoms with Gasteiger partial charge in [0.05, 0.1) is 11.4 Å². The van der Waals surface area contributed by atoms with Gasteiger partial charge in [-0.1, -0.05) is 86.0 Å². The molecular weight excluding hydrogens is 484 g/mol. The summed E-state index contributed by atoms with van der Waals surface area (Å²) in [6.45, 7) is 0. The molecule has 1 unspecified atom stereocenters. The number of hydrogen-bond donors (Lipinski definition) is 4. The molecule has 198 valence electrons. The van der Waals surface area contributed by atoms with Crippen LogP contribution in [0.15, 0.2) is 97.1 Å². The number of para-hydroxylation sites is 2. The van der Waals surface area contributed by atoms with Crippen molar-refractivity contribution in [3.63, 3.8) is 0 Å². The fraction of sp³-hybridized carbons (Fsp3) is 0.212. The van der Waals surface area contributed by atoms with E-state index < -0.39 is 6.04 Å². The maximum absolute atomic E-state index is 13.5. The number of carbonyl (C=O) groups excluding carboxylic acids is 2. The Morgan fingerprint density at radius 1 is 0.821 bits per heavy atom. The molecule has 4 aromatic carbocycles. The Hall–Kier alpha value is -4.58. The highest BCUT2D eigenvalue weighted by molar-refractivity contribution is 6.03. The van der Waals surface area contributed by atoms with Gasteiger partial charge in [0, 0.05) is 17.8 Å². The van der Waals surface area contributed by atoms with Crippen LogP contribution in [-0.4, -0.2) is 17.9 Å². The van der Waals surface area contributed by atoms with Crippen LogP contribution in [0.4, 0.5) is 17.1 Å². The second-order valence-corrected chi connectivity index (χ2v) is 10.1. The molecule has 5 N–H and O–H groups in total. The standard InChI is InChI=1S/C33H34N4O2/c34-29-12-6-7-13-30(29)37-31(38)21-16-23-14-17-25(18-15-23)32(33(39)36-27-10-2-1-3-11-27)35-28-20-19-24-8-4-5-9-26(24)22-28/h4-9,12-22,27,32,35H,1-3,10-11,34H2,(H,36,39)(H,37,38)/b21-16+. The molecule has 1 saturated carbocycles. The van der Waals surface area contributed by atoms with E-state index in [1.807, 2.05) is 54.6 Å². The number of nitrogens with two attached hydrogens (primary N) is 1. The van der Waals surface area contributed by atoms with E-state index in [-0.39, 0.29) is 17.9 Å². The molecule has 1 atom stereocenters. The van der Waals surface area contributed by atoms with E-state index in [9.17, 15) is 9.59 Å². The van der Waals surface area contributed by atoms with Gasteiger partial charge in [0.15, 0.2) is 0 Å². The number of hydrogen-bond acceptors (Lipinski definition) is 4. The molecule has 0 bridgehead atoms. The van der Waals surface area contributed by atoms with E-state index >= 15 is 0 Å². The van der Waals surface area contributed by atoms with Crippen molar-refractivity contribution in [1.82, 2.24) is 5.32 Å². The number of anilines is 3. The number of benzene rings is 4. The summed E-state index contributed by atoms with van der Waals surface area (Å²) < 4.78 is 0. The summed E-state index contributed by atoms with van der Waals surface area (Å²) in [6, 6.07) is 28.8. The van der Waals surface area contributed by atoms with Crippen molar-refractivity contribution in [2.75, 3.05) is 16.4 Å². The zero-order valence-electron chi connectivity index (χ0n) is 21.9. The first-order valence-electron chi connectivity index (χ1n) is 13.5. The van der Waals surface area contributed by atoms with Crippen molar-refractivity contribution in [3.05, 3.63) is 108 Å². The lowest BCUT2D eigenvalue weighted by molar-refractivity contribution is -0.122. The van der Waals surface area contributed by atoms with Gasteiger partial charge in [0.2, 0.25) is 11.8 Å². The summed E-state index contributed by atoms with van der Waals surface area (Å²) >= 11 is 0. The Balaban J connectivity index is 1.32. The lowest BCUT2D eigenvalue weighted by Gasteiger charge is -2.27. The van der Waals surface area contributed by atoms with E-state index in [0.29, 0.717) is 11.4 Å². The van der Waals surface area contributed by atoms with Gasteiger partial charge in [-0.2, -0.15) is 0 Å². The van der Waals surface area contributed by atoms with Gasteiger partial charge in [-0.05, 0) is 65.1 Å². The molecule has 2 amide bonds. The number of carbonyl (C=O) groups is 2. The number of nitrogens with one attached hydrogen (secondary N) is 3. The average Bonchev–Trinajstić information content (AvgIpc) is 2.97. The minimum atomic E-state index is -0.546. The second-order valence-electron chi connectivity index (χ2n) is 10.1. The molecule has 0 aliphatic heterocycles. The molecule has 0 saturated heterocycles. The number of nitrogen functional groups attached to an aromatic ring is 1. The molecule has 6 heteroatoms. The first kappa shape index (κ1) is 26.0. The SMILES string of the molecule is Nc1ccccc1NC(=O)/C=C/c1ccc(C(Nc2ccc3ccccc3c2)C(=O)NC2CCCCC2)cc1. The fourth-order valence-corrected chi connectivity index (χ4v) is 5.03. The van der Waals surface area contributed by atoms with Crippen molar-refractivity contribution in [2.45, 2.75) is 44.2 Å². The van der Waals surface area contributed by atoms with E-state index in [1.54, 1.807) is 18.2 Å². The van der Waals surface area contributed by atoms with Crippen LogP contribution in [-0.2, 0) is 9.59 Å². The van der Waals surface area contributed by atoms with Gasteiger partial charge < -0.3 is 21.7 Å². The maximum atomic E-state index is 13.5. The smallest absolute Gasteiger partial charge is 0.248 e. The lowest BCUT2D eigenvalue weighted by Crippen LogP contribution is -2.41. The zero-order valence-corrected chi connectivity index (χ0v) is 21.9. The first-order valence-corrected chi connectivity index (χ1v) is 13.5. The van der Waals surface area contributed by atoms with Crippen molar-refractivity contribution < 1.29 is 9.59 Å². The Bertz CT molecular complexity index is 1470. The zero-order chi connectivity index (χ0) is 27.0. The molecule has 0 heterocycles. The summed E-state index contributed by atoms with van der Waals surface area (Å²) in [6.07, 6.45) is 8.80. The molecule has 1 fully saturated rings. The van der Waals surface area contributed by atoms with E-state index in [1.165, 1.54) is 12.5 Å². The second kappa shape index (κ2) is 12.3. The van der Waals surface area contributed by atoms with Crippen LogP contribution in [0.1, 0.15) is 49.3 Å². The first-order chi connectivity index (χ1) is 19.0. The van der Waals surface area contributed by atoms with Crippen molar-refractivity contribution >= 4 is 45.7 Å². The Kier molecular flexibility index (Phi) is 8.22. The van der Waals surface area contributed by atoms with Gasteiger partial charge in [0.1, 0.15) is 6.04 Å². The number of rotatable bonds is 8. The molecule has 4 aromatic rings. The molecule has 6 nitrogen and oxygen atoms in total. The van der Waals surface area contributed by atoms with Gasteiger partial charge in [-0.15, -0.1) is 0 Å². The van der Waals surface area contributed by atoms with Crippen LogP contribution in [0.5, 0.6) is 0 Å². The van der Waals surface area contributed by atoms with Gasteiger partial charge in [-0.3, -0.25) is 9.59 Å². The largest absolute Gasteiger partial charge is 0.397 e. The topological polar surface area (TPSA) is 96.2 Å². The molecule has 0 aromatic heterocycles. The van der Waals surface area contributed by atoms with Crippen LogP contribution in [0.25, 0.3) is 16.8 Å². The van der Waals surface area contributed by atoms with Crippen LogP contribution in [0.2, 0.25) is 0 Å². The minimum Gasteiger partial charge on any atom is -0.397 e. The highest BCUT2D eigenvalue weighted by atomic mass is 16.2. The summed E-state index contributed by atoms with van der Waals surface area (Å²) in [4.78, 5) is 25.9. The monoisotopic (exact) mass is 518 g/mol. The van der Waals surface area contributed by atoms with Crippen molar-refractivity contribution in [3.8, 4) is 0 Å². The molecular formula is C33H34N4O2. The fourth-order valence-electron chi connectivity index (χ4n) is 5.03. The summed E-state index contributed by atoms with van der Waals surface area (Å²) in [7, 11) is 0. The van der Waals surface area contributed by atoms with Crippen LogP contribution in [0.3, 0.4) is 0 Å². The normalized spacial score (nSPS) is 14.7. The maximum Gasteiger partial charge on any atom is 0.248 e. The third kappa shape index (κ3) is 6.85. The van der Waals surface area contributed by atoms with Gasteiger partial charge in [0.25, 0.3) is 0 Å².